The highest BCUT2D eigenvalue weighted by atomic mass is 16.7. The van der Waals surface area contributed by atoms with E-state index in [4.69, 9.17) is 9.47 Å². The number of rotatable bonds is 2. The zero-order chi connectivity index (χ0) is 17.3. The fourth-order valence-corrected chi connectivity index (χ4v) is 3.07. The largest absolute Gasteiger partial charge is 0.454 e. The van der Waals surface area contributed by atoms with Crippen LogP contribution < -0.4 is 14.8 Å². The predicted octanol–water partition coefficient (Wildman–Crippen LogP) is 2.64. The Morgan fingerprint density at radius 1 is 1.21 bits per heavy atom. The van der Waals surface area contributed by atoms with Crippen molar-refractivity contribution >= 4 is 17.5 Å². The van der Waals surface area contributed by atoms with Gasteiger partial charge in [-0.3, -0.25) is 9.59 Å². The maximum absolute atomic E-state index is 12.6. The Labute approximate surface area is 142 Å². The van der Waals surface area contributed by atoms with E-state index in [1.54, 1.807) is 18.2 Å². The lowest BCUT2D eigenvalue weighted by molar-refractivity contribution is -0.142. The fraction of sp³-hybridized carbons (Fsp3) is 0.556. The van der Waals surface area contributed by atoms with Crippen LogP contribution in [-0.4, -0.2) is 36.6 Å². The number of amides is 2. The molecule has 2 amide bonds. The van der Waals surface area contributed by atoms with Gasteiger partial charge in [0.2, 0.25) is 18.6 Å². The number of anilines is 1. The van der Waals surface area contributed by atoms with E-state index in [1.807, 2.05) is 25.7 Å². The van der Waals surface area contributed by atoms with Gasteiger partial charge in [0.25, 0.3) is 0 Å². The summed E-state index contributed by atoms with van der Waals surface area (Å²) in [4.78, 5) is 26.8. The molecule has 1 atom stereocenters. The van der Waals surface area contributed by atoms with Gasteiger partial charge < -0.3 is 19.7 Å². The second-order valence-corrected chi connectivity index (χ2v) is 7.40. The Kier molecular flexibility index (Phi) is 4.39. The highest BCUT2D eigenvalue weighted by Gasteiger charge is 2.33. The van der Waals surface area contributed by atoms with Crippen molar-refractivity contribution in [1.29, 1.82) is 0 Å². The molecule has 1 aromatic rings. The summed E-state index contributed by atoms with van der Waals surface area (Å²) in [7, 11) is 0. The summed E-state index contributed by atoms with van der Waals surface area (Å²) in [6, 6.07) is 5.35. The molecule has 6 heteroatoms. The number of ether oxygens (including phenoxy) is 2. The Bertz CT molecular complexity index is 651. The zero-order valence-corrected chi connectivity index (χ0v) is 14.4. The van der Waals surface area contributed by atoms with E-state index in [0.29, 0.717) is 23.7 Å². The highest BCUT2D eigenvalue weighted by molar-refractivity contribution is 5.93. The summed E-state index contributed by atoms with van der Waals surface area (Å²) in [6.07, 6.45) is 1.64. The first-order chi connectivity index (χ1) is 11.3. The molecule has 0 aromatic heterocycles. The topological polar surface area (TPSA) is 67.9 Å². The van der Waals surface area contributed by atoms with Gasteiger partial charge in [-0.15, -0.1) is 0 Å². The van der Waals surface area contributed by atoms with Crippen LogP contribution in [0.3, 0.4) is 0 Å². The van der Waals surface area contributed by atoms with Gasteiger partial charge in [0.05, 0.1) is 5.92 Å². The second kappa shape index (κ2) is 6.34. The molecule has 1 saturated heterocycles. The summed E-state index contributed by atoms with van der Waals surface area (Å²) < 4.78 is 10.6. The number of carbonyl (C=O) groups excluding carboxylic acids is 2. The molecular weight excluding hydrogens is 308 g/mol. The molecule has 1 fully saturated rings. The van der Waals surface area contributed by atoms with Gasteiger partial charge >= 0.3 is 0 Å². The summed E-state index contributed by atoms with van der Waals surface area (Å²) in [6.45, 7) is 7.14. The van der Waals surface area contributed by atoms with Crippen LogP contribution in [0.4, 0.5) is 5.69 Å². The molecule has 0 aliphatic carbocycles. The maximum Gasteiger partial charge on any atom is 0.231 e. The van der Waals surface area contributed by atoms with E-state index in [2.05, 4.69) is 5.32 Å². The molecule has 1 aromatic carbocycles. The zero-order valence-electron chi connectivity index (χ0n) is 14.4. The molecule has 130 valence electrons. The van der Waals surface area contributed by atoms with Crippen LogP contribution in [-0.2, 0) is 9.59 Å². The predicted molar refractivity (Wildman–Crippen MR) is 90.0 cm³/mol. The van der Waals surface area contributed by atoms with Crippen molar-refractivity contribution in [2.75, 3.05) is 25.2 Å². The van der Waals surface area contributed by atoms with Crippen LogP contribution in [0.15, 0.2) is 18.2 Å². The number of likely N-dealkylation sites (tertiary alicyclic amines) is 1. The average molecular weight is 332 g/mol. The van der Waals surface area contributed by atoms with Crippen molar-refractivity contribution in [2.24, 2.45) is 11.3 Å². The number of benzene rings is 1. The molecule has 2 aliphatic heterocycles. The van der Waals surface area contributed by atoms with Crippen molar-refractivity contribution in [1.82, 2.24) is 4.90 Å². The normalized spacial score (nSPS) is 20.0. The van der Waals surface area contributed by atoms with Gasteiger partial charge in [0.15, 0.2) is 11.5 Å². The van der Waals surface area contributed by atoms with E-state index in [0.717, 1.165) is 19.4 Å². The summed E-state index contributed by atoms with van der Waals surface area (Å²) in [5.74, 6) is 1.19. The Balaban J connectivity index is 1.63. The van der Waals surface area contributed by atoms with Gasteiger partial charge in [0.1, 0.15) is 0 Å². The molecule has 0 saturated carbocycles. The van der Waals surface area contributed by atoms with Crippen LogP contribution in [0.25, 0.3) is 0 Å². The summed E-state index contributed by atoms with van der Waals surface area (Å²) >= 11 is 0. The first-order valence-electron chi connectivity index (χ1n) is 8.34. The molecule has 3 rings (SSSR count). The second-order valence-electron chi connectivity index (χ2n) is 7.40. The molecule has 1 N–H and O–H groups in total. The standard InChI is InChI=1S/C18H24N2O4/c1-18(2,3)17(22)20-8-4-5-12(10-20)16(21)19-13-6-7-14-15(9-13)24-11-23-14/h6-7,9,12H,4-5,8,10-11H2,1-3H3,(H,19,21). The van der Waals surface area contributed by atoms with Crippen LogP contribution in [0.5, 0.6) is 11.5 Å². The first-order valence-corrected chi connectivity index (χ1v) is 8.34. The third-order valence-electron chi connectivity index (χ3n) is 4.36. The lowest BCUT2D eigenvalue weighted by Gasteiger charge is -2.35. The number of nitrogens with one attached hydrogen (secondary N) is 1. The summed E-state index contributed by atoms with van der Waals surface area (Å²) in [5.41, 5.74) is 0.263. The molecular formula is C18H24N2O4. The number of hydrogen-bond donors (Lipinski definition) is 1. The minimum Gasteiger partial charge on any atom is -0.454 e. The SMILES string of the molecule is CC(C)(C)C(=O)N1CCCC(C(=O)Nc2ccc3c(c2)OCO3)C1. The van der Waals surface area contributed by atoms with E-state index < -0.39 is 5.41 Å². The molecule has 0 bridgehead atoms. The smallest absolute Gasteiger partial charge is 0.231 e. The quantitative estimate of drug-likeness (QED) is 0.904. The number of piperidine rings is 1. The molecule has 1 unspecified atom stereocenters. The minimum atomic E-state index is -0.421. The minimum absolute atomic E-state index is 0.0553. The summed E-state index contributed by atoms with van der Waals surface area (Å²) in [5, 5.41) is 2.93. The first kappa shape index (κ1) is 16.6. The van der Waals surface area contributed by atoms with Crippen LogP contribution in [0, 0.1) is 11.3 Å². The Morgan fingerprint density at radius 2 is 1.96 bits per heavy atom. The van der Waals surface area contributed by atoms with Crippen molar-refractivity contribution in [3.8, 4) is 11.5 Å². The molecule has 2 heterocycles. The van der Waals surface area contributed by atoms with E-state index in [1.165, 1.54) is 0 Å². The van der Waals surface area contributed by atoms with E-state index in [-0.39, 0.29) is 24.5 Å². The van der Waals surface area contributed by atoms with Gasteiger partial charge in [-0.2, -0.15) is 0 Å². The molecule has 2 aliphatic rings. The monoisotopic (exact) mass is 332 g/mol. The fourth-order valence-electron chi connectivity index (χ4n) is 3.07. The third kappa shape index (κ3) is 3.47. The van der Waals surface area contributed by atoms with Crippen LogP contribution in [0.2, 0.25) is 0 Å². The number of nitrogens with zero attached hydrogens (tertiary/aromatic N) is 1. The number of hydrogen-bond acceptors (Lipinski definition) is 4. The molecule has 24 heavy (non-hydrogen) atoms. The van der Waals surface area contributed by atoms with Crippen LogP contribution >= 0.6 is 0 Å². The van der Waals surface area contributed by atoms with Gasteiger partial charge in [-0.05, 0) is 25.0 Å². The Hall–Kier alpha value is -2.24. The molecule has 0 radical (unpaired) electrons. The number of fused-ring (bicyclic) bond motifs is 1. The van der Waals surface area contributed by atoms with Crippen molar-refractivity contribution in [3.05, 3.63) is 18.2 Å². The number of carbonyl (C=O) groups is 2. The third-order valence-corrected chi connectivity index (χ3v) is 4.36. The van der Waals surface area contributed by atoms with Crippen LogP contribution in [0.1, 0.15) is 33.6 Å². The Morgan fingerprint density at radius 3 is 2.71 bits per heavy atom. The van der Waals surface area contributed by atoms with Crippen molar-refractivity contribution in [2.45, 2.75) is 33.6 Å². The van der Waals surface area contributed by atoms with E-state index in [9.17, 15) is 9.59 Å². The van der Waals surface area contributed by atoms with Gasteiger partial charge in [-0.25, -0.2) is 0 Å². The lowest BCUT2D eigenvalue weighted by atomic mass is 9.91. The molecule has 6 nitrogen and oxygen atoms in total. The van der Waals surface area contributed by atoms with Gasteiger partial charge in [-0.1, -0.05) is 20.8 Å². The van der Waals surface area contributed by atoms with Crippen molar-refractivity contribution in [3.63, 3.8) is 0 Å². The molecule has 0 spiro atoms. The average Bonchev–Trinajstić information content (AvgIpc) is 3.01. The van der Waals surface area contributed by atoms with E-state index >= 15 is 0 Å². The lowest BCUT2D eigenvalue weighted by Crippen LogP contribution is -2.47. The van der Waals surface area contributed by atoms with Gasteiger partial charge in [0, 0.05) is 30.3 Å². The maximum atomic E-state index is 12.6. The van der Waals surface area contributed by atoms with Crippen molar-refractivity contribution < 1.29 is 19.1 Å². The highest BCUT2D eigenvalue weighted by Crippen LogP contribution is 2.34.